The summed E-state index contributed by atoms with van der Waals surface area (Å²) in [4.78, 5) is 12.8. The third-order valence-electron chi connectivity index (χ3n) is 3.48. The predicted molar refractivity (Wildman–Crippen MR) is 101 cm³/mol. The van der Waals surface area contributed by atoms with Crippen molar-refractivity contribution in [2.24, 2.45) is 0 Å². The van der Waals surface area contributed by atoms with Crippen molar-refractivity contribution in [1.82, 2.24) is 5.32 Å². The summed E-state index contributed by atoms with van der Waals surface area (Å²) in [6.07, 6.45) is 0.859. The van der Waals surface area contributed by atoms with Crippen LogP contribution in [0.4, 0.5) is 0 Å². The zero-order chi connectivity index (χ0) is 17.2. The third-order valence-corrected chi connectivity index (χ3v) is 4.99. The van der Waals surface area contributed by atoms with Gasteiger partial charge in [-0.25, -0.2) is 0 Å². The van der Waals surface area contributed by atoms with Crippen LogP contribution in [-0.4, -0.2) is 24.8 Å². The lowest BCUT2D eigenvalue weighted by Crippen LogP contribution is -2.27. The highest BCUT2D eigenvalue weighted by molar-refractivity contribution is 8.00. The Morgan fingerprint density at radius 1 is 1.17 bits per heavy atom. The summed E-state index contributed by atoms with van der Waals surface area (Å²) in [6.45, 7) is 3.27. The number of nitrogens with one attached hydrogen (secondary N) is 1. The molecule has 1 unspecified atom stereocenters. The van der Waals surface area contributed by atoms with Crippen molar-refractivity contribution >= 4 is 29.3 Å². The summed E-state index contributed by atoms with van der Waals surface area (Å²) >= 11 is 7.51. The Hall–Kier alpha value is -1.49. The van der Waals surface area contributed by atoms with Gasteiger partial charge in [0.15, 0.2) is 0 Å². The van der Waals surface area contributed by atoms with Gasteiger partial charge in [0.05, 0.1) is 16.9 Å². The van der Waals surface area contributed by atoms with E-state index >= 15 is 0 Å². The van der Waals surface area contributed by atoms with Crippen molar-refractivity contribution in [3.8, 4) is 0 Å². The molecule has 128 valence electrons. The molecule has 0 aliphatic rings. The highest BCUT2D eigenvalue weighted by Gasteiger charge is 2.06. The first-order valence-electron chi connectivity index (χ1n) is 7.97. The lowest BCUT2D eigenvalue weighted by atomic mass is 10.1. The minimum Gasteiger partial charge on any atom is -0.374 e. The quantitative estimate of drug-likeness (QED) is 0.517. The summed E-state index contributed by atoms with van der Waals surface area (Å²) in [5, 5.41) is 3.58. The fourth-order valence-corrected chi connectivity index (χ4v) is 3.21. The Balaban J connectivity index is 1.57. The van der Waals surface area contributed by atoms with E-state index in [1.807, 2.05) is 49.4 Å². The first kappa shape index (κ1) is 18.8. The molecule has 0 spiro atoms. The van der Waals surface area contributed by atoms with Gasteiger partial charge in [0.25, 0.3) is 0 Å². The predicted octanol–water partition coefficient (Wildman–Crippen LogP) is 4.72. The van der Waals surface area contributed by atoms with Crippen LogP contribution in [0.3, 0.4) is 0 Å². The molecule has 0 aliphatic heterocycles. The molecule has 1 amide bonds. The number of carbonyl (C=O) groups excluding carboxylic acids is 1. The molecule has 5 heteroatoms. The van der Waals surface area contributed by atoms with E-state index in [1.54, 1.807) is 0 Å². The van der Waals surface area contributed by atoms with Gasteiger partial charge in [0.2, 0.25) is 5.91 Å². The van der Waals surface area contributed by atoms with Crippen LogP contribution in [-0.2, 0) is 9.53 Å². The van der Waals surface area contributed by atoms with Gasteiger partial charge in [-0.05, 0) is 31.0 Å². The second-order valence-corrected chi connectivity index (χ2v) is 6.77. The van der Waals surface area contributed by atoms with Crippen LogP contribution in [0.25, 0.3) is 0 Å². The molecular weight excluding hydrogens is 342 g/mol. The Bertz CT molecular complexity index is 636. The van der Waals surface area contributed by atoms with Gasteiger partial charge < -0.3 is 10.1 Å². The number of amides is 1. The van der Waals surface area contributed by atoms with Crippen molar-refractivity contribution in [2.45, 2.75) is 24.3 Å². The van der Waals surface area contributed by atoms with E-state index in [2.05, 4.69) is 17.4 Å². The summed E-state index contributed by atoms with van der Waals surface area (Å²) in [7, 11) is 0. The standard InChI is InChI=1S/C19H22ClNO2S/c1-15(16-8-3-2-4-9-16)23-13-7-12-21-19(22)14-24-18-11-6-5-10-17(18)20/h2-6,8-11,15H,7,12-14H2,1H3,(H,21,22). The SMILES string of the molecule is CC(OCCCNC(=O)CSc1ccccc1Cl)c1ccccc1. The molecule has 0 radical (unpaired) electrons. The van der Waals surface area contributed by atoms with E-state index in [9.17, 15) is 4.79 Å². The smallest absolute Gasteiger partial charge is 0.230 e. The third kappa shape index (κ3) is 6.56. The Kier molecular flexibility index (Phi) is 8.16. The molecular formula is C19H22ClNO2S. The average Bonchev–Trinajstić information content (AvgIpc) is 2.61. The van der Waals surface area contributed by atoms with Crippen molar-refractivity contribution in [2.75, 3.05) is 18.9 Å². The first-order chi connectivity index (χ1) is 11.7. The summed E-state index contributed by atoms with van der Waals surface area (Å²) < 4.78 is 5.78. The molecule has 2 aromatic carbocycles. The van der Waals surface area contributed by atoms with Crippen molar-refractivity contribution in [3.63, 3.8) is 0 Å². The van der Waals surface area contributed by atoms with Crippen LogP contribution >= 0.6 is 23.4 Å². The van der Waals surface area contributed by atoms with E-state index in [0.29, 0.717) is 23.9 Å². The van der Waals surface area contributed by atoms with Crippen LogP contribution < -0.4 is 5.32 Å². The molecule has 1 N–H and O–H groups in total. The number of hydrogen-bond donors (Lipinski definition) is 1. The van der Waals surface area contributed by atoms with Crippen molar-refractivity contribution in [1.29, 1.82) is 0 Å². The second-order valence-electron chi connectivity index (χ2n) is 5.35. The number of carbonyl (C=O) groups is 1. The molecule has 0 aromatic heterocycles. The molecule has 0 heterocycles. The van der Waals surface area contributed by atoms with Crippen LogP contribution in [0.2, 0.25) is 5.02 Å². The molecule has 1 atom stereocenters. The van der Waals surface area contributed by atoms with Crippen LogP contribution in [0, 0.1) is 0 Å². The number of rotatable bonds is 9. The highest BCUT2D eigenvalue weighted by Crippen LogP contribution is 2.26. The van der Waals surface area contributed by atoms with Crippen LogP contribution in [0.5, 0.6) is 0 Å². The highest BCUT2D eigenvalue weighted by atomic mass is 35.5. The number of thioether (sulfide) groups is 1. The van der Waals surface area contributed by atoms with E-state index in [1.165, 1.54) is 11.8 Å². The lowest BCUT2D eigenvalue weighted by Gasteiger charge is -2.13. The summed E-state index contributed by atoms with van der Waals surface area (Å²) in [5.74, 6) is 0.376. The summed E-state index contributed by atoms with van der Waals surface area (Å²) in [5.41, 5.74) is 1.16. The maximum atomic E-state index is 11.8. The van der Waals surface area contributed by atoms with Gasteiger partial charge in [0, 0.05) is 18.0 Å². The van der Waals surface area contributed by atoms with Gasteiger partial charge in [-0.3, -0.25) is 4.79 Å². The number of halogens is 1. The van der Waals surface area contributed by atoms with E-state index in [4.69, 9.17) is 16.3 Å². The molecule has 0 fully saturated rings. The van der Waals surface area contributed by atoms with Crippen molar-refractivity contribution in [3.05, 3.63) is 65.2 Å². The molecule has 0 saturated carbocycles. The summed E-state index contributed by atoms with van der Waals surface area (Å²) in [6, 6.07) is 17.6. The van der Waals surface area contributed by atoms with E-state index in [-0.39, 0.29) is 12.0 Å². The van der Waals surface area contributed by atoms with Crippen molar-refractivity contribution < 1.29 is 9.53 Å². The van der Waals surface area contributed by atoms with Crippen LogP contribution in [0.1, 0.15) is 25.0 Å². The van der Waals surface area contributed by atoms with Crippen LogP contribution in [0.15, 0.2) is 59.5 Å². The van der Waals surface area contributed by atoms with Gasteiger partial charge in [-0.1, -0.05) is 54.1 Å². The number of benzene rings is 2. The minimum absolute atomic E-state index is 0.0102. The average molecular weight is 364 g/mol. The lowest BCUT2D eigenvalue weighted by molar-refractivity contribution is -0.118. The molecule has 3 nitrogen and oxygen atoms in total. The van der Waals surface area contributed by atoms with Gasteiger partial charge in [0.1, 0.15) is 0 Å². The fourth-order valence-electron chi connectivity index (χ4n) is 2.14. The van der Waals surface area contributed by atoms with E-state index in [0.717, 1.165) is 16.9 Å². The number of ether oxygens (including phenoxy) is 1. The molecule has 0 aliphatic carbocycles. The fraction of sp³-hybridized carbons (Fsp3) is 0.316. The van der Waals surface area contributed by atoms with E-state index < -0.39 is 0 Å². The van der Waals surface area contributed by atoms with Gasteiger partial charge in [-0.15, -0.1) is 11.8 Å². The topological polar surface area (TPSA) is 38.3 Å². The Morgan fingerprint density at radius 2 is 1.88 bits per heavy atom. The Labute approximate surface area is 152 Å². The molecule has 2 aromatic rings. The Morgan fingerprint density at radius 3 is 2.62 bits per heavy atom. The molecule has 2 rings (SSSR count). The molecule has 24 heavy (non-hydrogen) atoms. The maximum Gasteiger partial charge on any atom is 0.230 e. The normalized spacial score (nSPS) is 11.9. The van der Waals surface area contributed by atoms with Gasteiger partial charge >= 0.3 is 0 Å². The maximum absolute atomic E-state index is 11.8. The molecule has 0 saturated heterocycles. The zero-order valence-electron chi connectivity index (χ0n) is 13.7. The minimum atomic E-state index is 0.0102. The largest absolute Gasteiger partial charge is 0.374 e. The van der Waals surface area contributed by atoms with Gasteiger partial charge in [-0.2, -0.15) is 0 Å². The molecule has 0 bridgehead atoms. The number of hydrogen-bond acceptors (Lipinski definition) is 3. The zero-order valence-corrected chi connectivity index (χ0v) is 15.3. The first-order valence-corrected chi connectivity index (χ1v) is 9.34. The monoisotopic (exact) mass is 363 g/mol. The second kappa shape index (κ2) is 10.4.